The van der Waals surface area contributed by atoms with E-state index in [-0.39, 0.29) is 6.04 Å². The van der Waals surface area contributed by atoms with E-state index < -0.39 is 0 Å². The summed E-state index contributed by atoms with van der Waals surface area (Å²) in [5, 5.41) is 3.25. The highest BCUT2D eigenvalue weighted by molar-refractivity contribution is 5.05. The number of hydrogen-bond donors (Lipinski definition) is 2. The molecule has 2 heteroatoms. The van der Waals surface area contributed by atoms with Crippen molar-refractivity contribution in [3.8, 4) is 12.3 Å². The molecule has 0 aliphatic rings. The Bertz CT molecular complexity index is 243. The van der Waals surface area contributed by atoms with Gasteiger partial charge in [0.2, 0.25) is 0 Å². The molecule has 0 aliphatic heterocycles. The summed E-state index contributed by atoms with van der Waals surface area (Å²) < 4.78 is 0. The Morgan fingerprint density at radius 3 is 3.08 bits per heavy atom. The topological polar surface area (TPSA) is 27.8 Å². The smallest absolute Gasteiger partial charge is 0.0687 e. The van der Waals surface area contributed by atoms with Crippen LogP contribution in [0.3, 0.4) is 0 Å². The SMILES string of the molecule is C#CC(CC)NCc1ccc[nH]1. The van der Waals surface area contributed by atoms with Crippen LogP contribution in [0.5, 0.6) is 0 Å². The third-order valence-corrected chi connectivity index (χ3v) is 1.81. The van der Waals surface area contributed by atoms with Crippen LogP contribution in [0.1, 0.15) is 19.0 Å². The molecule has 0 aliphatic carbocycles. The van der Waals surface area contributed by atoms with Crippen molar-refractivity contribution in [2.75, 3.05) is 0 Å². The van der Waals surface area contributed by atoms with E-state index in [9.17, 15) is 0 Å². The lowest BCUT2D eigenvalue weighted by Crippen LogP contribution is -2.26. The predicted molar refractivity (Wildman–Crippen MR) is 50.5 cm³/mol. The van der Waals surface area contributed by atoms with E-state index in [2.05, 4.69) is 23.1 Å². The molecule has 64 valence electrons. The Hall–Kier alpha value is -1.20. The molecule has 0 saturated heterocycles. The van der Waals surface area contributed by atoms with Crippen LogP contribution in [0.4, 0.5) is 0 Å². The van der Waals surface area contributed by atoms with Crippen LogP contribution in [0.25, 0.3) is 0 Å². The minimum Gasteiger partial charge on any atom is -0.364 e. The van der Waals surface area contributed by atoms with Crippen LogP contribution in [-0.4, -0.2) is 11.0 Å². The molecular weight excluding hydrogens is 148 g/mol. The van der Waals surface area contributed by atoms with Crippen LogP contribution in [0.15, 0.2) is 18.3 Å². The lowest BCUT2D eigenvalue weighted by molar-refractivity contribution is 0.587. The Balaban J connectivity index is 2.31. The fourth-order valence-electron chi connectivity index (χ4n) is 1.03. The highest BCUT2D eigenvalue weighted by Crippen LogP contribution is 1.95. The lowest BCUT2D eigenvalue weighted by Gasteiger charge is -2.08. The second-order valence-electron chi connectivity index (χ2n) is 2.70. The van der Waals surface area contributed by atoms with Gasteiger partial charge in [-0.05, 0) is 18.6 Å². The molecule has 0 aromatic carbocycles. The second-order valence-corrected chi connectivity index (χ2v) is 2.70. The normalized spacial score (nSPS) is 12.3. The summed E-state index contributed by atoms with van der Waals surface area (Å²) in [6.45, 7) is 2.89. The van der Waals surface area contributed by atoms with Crippen molar-refractivity contribution in [3.05, 3.63) is 24.0 Å². The van der Waals surface area contributed by atoms with E-state index >= 15 is 0 Å². The van der Waals surface area contributed by atoms with Crippen molar-refractivity contribution in [1.82, 2.24) is 10.3 Å². The summed E-state index contributed by atoms with van der Waals surface area (Å²) in [4.78, 5) is 3.11. The molecule has 2 N–H and O–H groups in total. The van der Waals surface area contributed by atoms with Crippen molar-refractivity contribution < 1.29 is 0 Å². The van der Waals surface area contributed by atoms with Crippen molar-refractivity contribution in [1.29, 1.82) is 0 Å². The average Bonchev–Trinajstić information content (AvgIpc) is 2.59. The van der Waals surface area contributed by atoms with Crippen LogP contribution in [0.2, 0.25) is 0 Å². The van der Waals surface area contributed by atoms with E-state index in [0.717, 1.165) is 13.0 Å². The van der Waals surface area contributed by atoms with E-state index in [1.165, 1.54) is 5.69 Å². The monoisotopic (exact) mass is 162 g/mol. The molecule has 1 rings (SSSR count). The Morgan fingerprint density at radius 1 is 1.75 bits per heavy atom. The number of nitrogens with one attached hydrogen (secondary N) is 2. The van der Waals surface area contributed by atoms with E-state index in [1.807, 2.05) is 18.3 Å². The van der Waals surface area contributed by atoms with Gasteiger partial charge in [0, 0.05) is 18.4 Å². The highest BCUT2D eigenvalue weighted by Gasteiger charge is 1.99. The summed E-state index contributed by atoms with van der Waals surface area (Å²) in [5.41, 5.74) is 1.17. The number of aromatic amines is 1. The summed E-state index contributed by atoms with van der Waals surface area (Å²) in [7, 11) is 0. The number of rotatable bonds is 4. The maximum atomic E-state index is 5.30. The molecule has 0 fully saturated rings. The lowest BCUT2D eigenvalue weighted by atomic mass is 10.2. The molecule has 0 bridgehead atoms. The molecule has 1 aromatic heterocycles. The van der Waals surface area contributed by atoms with Gasteiger partial charge in [-0.25, -0.2) is 0 Å². The maximum Gasteiger partial charge on any atom is 0.0687 e. The number of H-pyrrole nitrogens is 1. The minimum atomic E-state index is 0.188. The van der Waals surface area contributed by atoms with Crippen LogP contribution in [-0.2, 0) is 6.54 Å². The molecule has 0 spiro atoms. The first-order valence-corrected chi connectivity index (χ1v) is 4.18. The van der Waals surface area contributed by atoms with Gasteiger partial charge >= 0.3 is 0 Å². The fraction of sp³-hybridized carbons (Fsp3) is 0.400. The summed E-state index contributed by atoms with van der Waals surface area (Å²) in [6.07, 6.45) is 8.18. The second kappa shape index (κ2) is 4.63. The van der Waals surface area contributed by atoms with Crippen molar-refractivity contribution in [2.45, 2.75) is 25.9 Å². The van der Waals surface area contributed by atoms with E-state index in [0.29, 0.717) is 0 Å². The van der Waals surface area contributed by atoms with Crippen molar-refractivity contribution >= 4 is 0 Å². The Kier molecular flexibility index (Phi) is 3.43. The molecule has 1 heterocycles. The zero-order valence-electron chi connectivity index (χ0n) is 7.30. The first-order chi connectivity index (χ1) is 5.86. The van der Waals surface area contributed by atoms with Crippen molar-refractivity contribution in [3.63, 3.8) is 0 Å². The minimum absolute atomic E-state index is 0.188. The summed E-state index contributed by atoms with van der Waals surface area (Å²) >= 11 is 0. The number of terminal acetylenes is 1. The van der Waals surface area contributed by atoms with Gasteiger partial charge in [-0.2, -0.15) is 0 Å². The quantitative estimate of drug-likeness (QED) is 0.645. The molecule has 2 nitrogen and oxygen atoms in total. The maximum absolute atomic E-state index is 5.30. The van der Waals surface area contributed by atoms with Crippen molar-refractivity contribution in [2.24, 2.45) is 0 Å². The average molecular weight is 162 g/mol. The van der Waals surface area contributed by atoms with E-state index in [4.69, 9.17) is 6.42 Å². The third kappa shape index (κ3) is 2.44. The molecule has 1 atom stereocenters. The molecular formula is C10H14N2. The van der Waals surface area contributed by atoms with Gasteiger partial charge in [0.25, 0.3) is 0 Å². The number of aromatic nitrogens is 1. The van der Waals surface area contributed by atoms with Gasteiger partial charge in [-0.15, -0.1) is 6.42 Å². The van der Waals surface area contributed by atoms with Crippen LogP contribution in [0, 0.1) is 12.3 Å². The molecule has 12 heavy (non-hydrogen) atoms. The standard InChI is InChI=1S/C10H14N2/c1-3-9(4-2)12-8-10-6-5-7-11-10/h1,5-7,9,11-12H,4,8H2,2H3. The molecule has 0 amide bonds. The van der Waals surface area contributed by atoms with Gasteiger partial charge in [-0.1, -0.05) is 12.8 Å². The van der Waals surface area contributed by atoms with Gasteiger partial charge < -0.3 is 4.98 Å². The van der Waals surface area contributed by atoms with Crippen LogP contribution < -0.4 is 5.32 Å². The number of hydrogen-bond acceptors (Lipinski definition) is 1. The fourth-order valence-corrected chi connectivity index (χ4v) is 1.03. The molecule has 0 saturated carbocycles. The predicted octanol–water partition coefficient (Wildman–Crippen LogP) is 1.52. The highest BCUT2D eigenvalue weighted by atomic mass is 14.9. The first kappa shape index (κ1) is 8.89. The van der Waals surface area contributed by atoms with Gasteiger partial charge in [0.05, 0.1) is 6.04 Å². The summed E-state index contributed by atoms with van der Waals surface area (Å²) in [5.74, 6) is 2.69. The largest absolute Gasteiger partial charge is 0.364 e. The van der Waals surface area contributed by atoms with Gasteiger partial charge in [0.15, 0.2) is 0 Å². The van der Waals surface area contributed by atoms with Crippen LogP contribution >= 0.6 is 0 Å². The Labute approximate surface area is 73.4 Å². The third-order valence-electron chi connectivity index (χ3n) is 1.81. The van der Waals surface area contributed by atoms with Gasteiger partial charge in [0.1, 0.15) is 0 Å². The first-order valence-electron chi connectivity index (χ1n) is 4.18. The zero-order valence-corrected chi connectivity index (χ0v) is 7.30. The molecule has 1 unspecified atom stereocenters. The van der Waals surface area contributed by atoms with Gasteiger partial charge in [-0.3, -0.25) is 5.32 Å². The Morgan fingerprint density at radius 2 is 2.58 bits per heavy atom. The zero-order chi connectivity index (χ0) is 8.81. The van der Waals surface area contributed by atoms with E-state index in [1.54, 1.807) is 0 Å². The summed E-state index contributed by atoms with van der Waals surface area (Å²) in [6, 6.07) is 4.21. The molecule has 0 radical (unpaired) electrons. The molecule has 1 aromatic rings.